The molecule has 1 aliphatic rings. The Hall–Kier alpha value is -1.14. The number of methoxy groups -OCH3 is 1. The predicted octanol–water partition coefficient (Wildman–Crippen LogP) is -1.04. The lowest BCUT2D eigenvalue weighted by Gasteiger charge is -2.31. The molecule has 0 aromatic carbocycles. The highest BCUT2D eigenvalue weighted by atomic mass is 16.5. The van der Waals surface area contributed by atoms with Gasteiger partial charge in [-0.25, -0.2) is 0 Å². The third-order valence-electron chi connectivity index (χ3n) is 2.67. The van der Waals surface area contributed by atoms with Gasteiger partial charge in [0.15, 0.2) is 0 Å². The van der Waals surface area contributed by atoms with E-state index in [4.69, 9.17) is 4.74 Å². The summed E-state index contributed by atoms with van der Waals surface area (Å²) in [6.45, 7) is 5.57. The third kappa shape index (κ3) is 4.32. The average molecular weight is 243 g/mol. The molecule has 6 heteroatoms. The fourth-order valence-corrected chi connectivity index (χ4v) is 1.83. The first-order valence-electron chi connectivity index (χ1n) is 5.85. The lowest BCUT2D eigenvalue weighted by atomic mass is 10.2. The number of ether oxygens (including phenoxy) is 1. The van der Waals surface area contributed by atoms with E-state index < -0.39 is 0 Å². The van der Waals surface area contributed by atoms with E-state index in [0.29, 0.717) is 13.2 Å². The summed E-state index contributed by atoms with van der Waals surface area (Å²) in [4.78, 5) is 25.0. The first-order chi connectivity index (χ1) is 8.04. The van der Waals surface area contributed by atoms with Crippen LogP contribution in [-0.2, 0) is 14.3 Å². The van der Waals surface area contributed by atoms with Crippen molar-refractivity contribution in [3.8, 4) is 0 Å². The van der Waals surface area contributed by atoms with Crippen LogP contribution in [0, 0.1) is 0 Å². The van der Waals surface area contributed by atoms with Gasteiger partial charge in [0.25, 0.3) is 0 Å². The molecule has 2 atom stereocenters. The van der Waals surface area contributed by atoms with Gasteiger partial charge < -0.3 is 20.3 Å². The van der Waals surface area contributed by atoms with Gasteiger partial charge in [-0.3, -0.25) is 9.59 Å². The number of carbonyl (C=O) groups excluding carboxylic acids is 2. The number of amides is 2. The molecule has 17 heavy (non-hydrogen) atoms. The minimum Gasteiger partial charge on any atom is -0.383 e. The van der Waals surface area contributed by atoms with Crippen LogP contribution in [0.1, 0.15) is 13.8 Å². The van der Waals surface area contributed by atoms with Crippen molar-refractivity contribution in [3.63, 3.8) is 0 Å². The predicted molar refractivity (Wildman–Crippen MR) is 63.5 cm³/mol. The Balaban J connectivity index is 2.37. The van der Waals surface area contributed by atoms with E-state index in [2.05, 4.69) is 10.6 Å². The third-order valence-corrected chi connectivity index (χ3v) is 2.67. The highest BCUT2D eigenvalue weighted by Gasteiger charge is 2.26. The quantitative estimate of drug-likeness (QED) is 0.647. The number of carbonyl (C=O) groups is 2. The summed E-state index contributed by atoms with van der Waals surface area (Å²) < 4.78 is 4.93. The van der Waals surface area contributed by atoms with E-state index in [1.54, 1.807) is 18.9 Å². The molecule has 1 heterocycles. The number of nitrogens with one attached hydrogen (secondary N) is 2. The monoisotopic (exact) mass is 243 g/mol. The summed E-state index contributed by atoms with van der Waals surface area (Å²) in [5, 5.41) is 5.84. The molecule has 6 nitrogen and oxygen atoms in total. The maximum Gasteiger partial charge on any atom is 0.239 e. The van der Waals surface area contributed by atoms with E-state index >= 15 is 0 Å². The number of hydrogen-bond donors (Lipinski definition) is 2. The average Bonchev–Trinajstić information content (AvgIpc) is 2.25. The molecular formula is C11H21N3O3. The van der Waals surface area contributed by atoms with Gasteiger partial charge in [0, 0.05) is 26.2 Å². The number of hydrogen-bond acceptors (Lipinski definition) is 4. The van der Waals surface area contributed by atoms with Gasteiger partial charge in [0.05, 0.1) is 19.2 Å². The lowest BCUT2D eigenvalue weighted by molar-refractivity contribution is -0.139. The number of piperazine rings is 1. The summed E-state index contributed by atoms with van der Waals surface area (Å²) in [6.07, 6.45) is 0. The molecule has 1 rings (SSSR count). The zero-order chi connectivity index (χ0) is 12.8. The van der Waals surface area contributed by atoms with Crippen LogP contribution in [0.4, 0.5) is 0 Å². The van der Waals surface area contributed by atoms with Gasteiger partial charge in [-0.05, 0) is 13.8 Å². The molecule has 1 saturated heterocycles. The van der Waals surface area contributed by atoms with E-state index in [9.17, 15) is 9.59 Å². The molecule has 0 aromatic heterocycles. The zero-order valence-corrected chi connectivity index (χ0v) is 10.7. The van der Waals surface area contributed by atoms with E-state index in [1.807, 2.05) is 6.92 Å². The van der Waals surface area contributed by atoms with Gasteiger partial charge in [-0.1, -0.05) is 0 Å². The van der Waals surface area contributed by atoms with E-state index in [0.717, 1.165) is 6.54 Å². The summed E-state index contributed by atoms with van der Waals surface area (Å²) >= 11 is 0. The van der Waals surface area contributed by atoms with Gasteiger partial charge in [0.2, 0.25) is 11.8 Å². The van der Waals surface area contributed by atoms with Crippen molar-refractivity contribution >= 4 is 11.8 Å². The maximum absolute atomic E-state index is 11.7. The van der Waals surface area contributed by atoms with Crippen molar-refractivity contribution in [1.29, 1.82) is 0 Å². The molecule has 0 saturated carbocycles. The van der Waals surface area contributed by atoms with Crippen LogP contribution in [0.25, 0.3) is 0 Å². The van der Waals surface area contributed by atoms with Gasteiger partial charge in [0.1, 0.15) is 0 Å². The van der Waals surface area contributed by atoms with Crippen molar-refractivity contribution in [2.75, 3.05) is 33.4 Å². The minimum absolute atomic E-state index is 0.0224. The fourth-order valence-electron chi connectivity index (χ4n) is 1.83. The van der Waals surface area contributed by atoms with Gasteiger partial charge >= 0.3 is 0 Å². The summed E-state index contributed by atoms with van der Waals surface area (Å²) in [5.74, 6) is -0.164. The van der Waals surface area contributed by atoms with E-state index in [1.165, 1.54) is 0 Å². The van der Waals surface area contributed by atoms with Gasteiger partial charge in [-0.15, -0.1) is 0 Å². The molecule has 0 spiro atoms. The molecule has 0 aromatic rings. The normalized spacial score (nSPS) is 22.4. The van der Waals surface area contributed by atoms with Crippen molar-refractivity contribution in [2.45, 2.75) is 25.9 Å². The van der Waals surface area contributed by atoms with Crippen LogP contribution < -0.4 is 10.6 Å². The Morgan fingerprint density at radius 2 is 2.41 bits per heavy atom. The summed E-state index contributed by atoms with van der Waals surface area (Å²) in [7, 11) is 1.59. The van der Waals surface area contributed by atoms with Crippen LogP contribution in [0.5, 0.6) is 0 Å². The number of rotatable bonds is 5. The van der Waals surface area contributed by atoms with Crippen LogP contribution in [-0.4, -0.2) is 62.1 Å². The second-order valence-corrected chi connectivity index (χ2v) is 4.36. The molecule has 0 radical (unpaired) electrons. The summed E-state index contributed by atoms with van der Waals surface area (Å²) in [6, 6.07) is -0.240. The molecule has 2 N–H and O–H groups in total. The second kappa shape index (κ2) is 6.56. The Morgan fingerprint density at radius 3 is 3.06 bits per heavy atom. The Bertz CT molecular complexity index is 283. The Labute approximate surface area is 102 Å². The van der Waals surface area contributed by atoms with Crippen molar-refractivity contribution < 1.29 is 14.3 Å². The Kier molecular flexibility index (Phi) is 5.37. The second-order valence-electron chi connectivity index (χ2n) is 4.36. The first-order valence-corrected chi connectivity index (χ1v) is 5.85. The lowest BCUT2D eigenvalue weighted by Crippen LogP contribution is -2.56. The smallest absolute Gasteiger partial charge is 0.239 e. The molecule has 1 aliphatic heterocycles. The minimum atomic E-state index is -0.201. The molecular weight excluding hydrogens is 222 g/mol. The van der Waals surface area contributed by atoms with Crippen LogP contribution in [0.15, 0.2) is 0 Å². The zero-order valence-electron chi connectivity index (χ0n) is 10.7. The SMILES string of the molecule is COCC(C)NC(=O)CN1CCNC(C)C1=O. The molecule has 2 amide bonds. The van der Waals surface area contributed by atoms with Crippen LogP contribution >= 0.6 is 0 Å². The molecule has 0 bridgehead atoms. The highest BCUT2D eigenvalue weighted by molar-refractivity contribution is 5.87. The maximum atomic E-state index is 11.7. The standard InChI is InChI=1S/C11H21N3O3/c1-8(7-17-3)13-10(15)6-14-5-4-12-9(2)11(14)16/h8-9,12H,4-7H2,1-3H3,(H,13,15). The van der Waals surface area contributed by atoms with Crippen LogP contribution in [0.2, 0.25) is 0 Å². The molecule has 1 fully saturated rings. The van der Waals surface area contributed by atoms with Crippen LogP contribution in [0.3, 0.4) is 0 Å². The van der Waals surface area contributed by atoms with E-state index in [-0.39, 0.29) is 30.4 Å². The van der Waals surface area contributed by atoms with Crippen molar-refractivity contribution in [3.05, 3.63) is 0 Å². The number of nitrogens with zero attached hydrogens (tertiary/aromatic N) is 1. The molecule has 98 valence electrons. The van der Waals surface area contributed by atoms with Gasteiger partial charge in [-0.2, -0.15) is 0 Å². The largest absolute Gasteiger partial charge is 0.383 e. The summed E-state index contributed by atoms with van der Waals surface area (Å²) in [5.41, 5.74) is 0. The first kappa shape index (κ1) is 13.9. The van der Waals surface area contributed by atoms with Crippen molar-refractivity contribution in [2.24, 2.45) is 0 Å². The topological polar surface area (TPSA) is 70.7 Å². The Morgan fingerprint density at radius 1 is 1.71 bits per heavy atom. The molecule has 0 aliphatic carbocycles. The molecule has 2 unspecified atom stereocenters. The fraction of sp³-hybridized carbons (Fsp3) is 0.818. The highest BCUT2D eigenvalue weighted by Crippen LogP contribution is 2.00. The van der Waals surface area contributed by atoms with Crippen molar-refractivity contribution in [1.82, 2.24) is 15.5 Å².